The first kappa shape index (κ1) is 17.8. The summed E-state index contributed by atoms with van der Waals surface area (Å²) < 4.78 is 10.6. The summed E-state index contributed by atoms with van der Waals surface area (Å²) in [6, 6.07) is 5.20. The smallest absolute Gasteiger partial charge is 0.257 e. The summed E-state index contributed by atoms with van der Waals surface area (Å²) in [5.41, 5.74) is 1.27. The van der Waals surface area contributed by atoms with Crippen LogP contribution in [-0.2, 0) is 11.2 Å². The van der Waals surface area contributed by atoms with Gasteiger partial charge in [-0.2, -0.15) is 0 Å². The molecule has 8 heteroatoms. The zero-order chi connectivity index (χ0) is 19.0. The Hall–Kier alpha value is -2.61. The van der Waals surface area contributed by atoms with Crippen molar-refractivity contribution in [2.75, 3.05) is 12.1 Å². The summed E-state index contributed by atoms with van der Waals surface area (Å²) in [7, 11) is 0. The number of carbonyl (C=O) groups excluding carboxylic acids is 2. The standard InChI is InChI=1S/C19H21N3O4S/c1-3-10(2)20-18(24)12-5-7-15-16(12)21-19(27-15)22-17(23)11-4-6-13-14(8-11)26-9-25-13/h4,6,8,10,12H,3,5,7,9H2,1-2H3,(H,20,24)(H,21,22,23)/t10-,12+/m0/s1. The van der Waals surface area contributed by atoms with Crippen molar-refractivity contribution < 1.29 is 19.1 Å². The van der Waals surface area contributed by atoms with E-state index in [1.54, 1.807) is 18.2 Å². The van der Waals surface area contributed by atoms with E-state index in [2.05, 4.69) is 15.6 Å². The van der Waals surface area contributed by atoms with E-state index in [0.29, 0.717) is 22.2 Å². The Morgan fingerprint density at radius 2 is 2.15 bits per heavy atom. The number of amides is 2. The van der Waals surface area contributed by atoms with Crippen molar-refractivity contribution >= 4 is 28.3 Å². The van der Waals surface area contributed by atoms with E-state index in [1.165, 1.54) is 11.3 Å². The molecule has 0 radical (unpaired) electrons. The topological polar surface area (TPSA) is 89.6 Å². The molecule has 27 heavy (non-hydrogen) atoms. The Morgan fingerprint density at radius 3 is 2.96 bits per heavy atom. The zero-order valence-corrected chi connectivity index (χ0v) is 16.0. The molecule has 0 spiro atoms. The van der Waals surface area contributed by atoms with Gasteiger partial charge >= 0.3 is 0 Å². The van der Waals surface area contributed by atoms with Gasteiger partial charge in [0.1, 0.15) is 0 Å². The molecule has 0 unspecified atom stereocenters. The predicted octanol–water partition coefficient (Wildman–Crippen LogP) is 3.07. The van der Waals surface area contributed by atoms with Crippen molar-refractivity contribution in [3.05, 3.63) is 34.3 Å². The number of benzene rings is 1. The third kappa shape index (κ3) is 3.49. The Kier molecular flexibility index (Phi) is 4.73. The van der Waals surface area contributed by atoms with Gasteiger partial charge in [-0.05, 0) is 44.4 Å². The molecular weight excluding hydrogens is 366 g/mol. The second-order valence-corrected chi connectivity index (χ2v) is 7.84. The first-order valence-electron chi connectivity index (χ1n) is 9.06. The number of anilines is 1. The lowest BCUT2D eigenvalue weighted by Gasteiger charge is -2.15. The number of ether oxygens (including phenoxy) is 2. The fraction of sp³-hybridized carbons (Fsp3) is 0.421. The first-order valence-corrected chi connectivity index (χ1v) is 9.87. The molecule has 0 saturated carbocycles. The maximum Gasteiger partial charge on any atom is 0.257 e. The second-order valence-electron chi connectivity index (χ2n) is 6.76. The number of aryl methyl sites for hydroxylation is 1. The lowest BCUT2D eigenvalue weighted by Crippen LogP contribution is -2.35. The second kappa shape index (κ2) is 7.19. The van der Waals surface area contributed by atoms with Gasteiger partial charge in [-0.3, -0.25) is 14.9 Å². The minimum Gasteiger partial charge on any atom is -0.454 e. The van der Waals surface area contributed by atoms with Gasteiger partial charge in [0.25, 0.3) is 5.91 Å². The maximum absolute atomic E-state index is 12.5. The Balaban J connectivity index is 1.46. The van der Waals surface area contributed by atoms with Crippen LogP contribution in [0, 0.1) is 0 Å². The van der Waals surface area contributed by atoms with Gasteiger partial charge in [0.05, 0.1) is 11.6 Å². The molecule has 1 aliphatic carbocycles. The minimum absolute atomic E-state index is 0.0158. The SMILES string of the molecule is CC[C@H](C)NC(=O)[C@@H]1CCc2sc(NC(=O)c3ccc4c(c3)OCO4)nc21. The summed E-state index contributed by atoms with van der Waals surface area (Å²) >= 11 is 1.44. The van der Waals surface area contributed by atoms with Crippen LogP contribution in [0.1, 0.15) is 53.5 Å². The molecule has 142 valence electrons. The van der Waals surface area contributed by atoms with E-state index < -0.39 is 0 Å². The van der Waals surface area contributed by atoms with E-state index in [1.807, 2.05) is 13.8 Å². The number of nitrogens with zero attached hydrogens (tertiary/aromatic N) is 1. The van der Waals surface area contributed by atoms with Crippen LogP contribution in [0.4, 0.5) is 5.13 Å². The average molecular weight is 387 g/mol. The molecule has 0 fully saturated rings. The average Bonchev–Trinajstić information content (AvgIpc) is 3.35. The predicted molar refractivity (Wildman–Crippen MR) is 102 cm³/mol. The number of rotatable bonds is 5. The number of nitrogens with one attached hydrogen (secondary N) is 2. The molecular formula is C19H21N3O4S. The fourth-order valence-corrected chi connectivity index (χ4v) is 4.22. The van der Waals surface area contributed by atoms with Gasteiger partial charge in [-0.25, -0.2) is 4.98 Å². The van der Waals surface area contributed by atoms with E-state index >= 15 is 0 Å². The molecule has 1 aliphatic heterocycles. The fourth-order valence-electron chi connectivity index (χ4n) is 3.19. The van der Waals surface area contributed by atoms with Crippen LogP contribution in [0.25, 0.3) is 0 Å². The Labute approximate surface area is 161 Å². The number of fused-ring (bicyclic) bond motifs is 2. The van der Waals surface area contributed by atoms with Crippen LogP contribution >= 0.6 is 11.3 Å². The van der Waals surface area contributed by atoms with Gasteiger partial charge in [0, 0.05) is 16.5 Å². The lowest BCUT2D eigenvalue weighted by atomic mass is 10.1. The van der Waals surface area contributed by atoms with Gasteiger partial charge in [0.15, 0.2) is 16.6 Å². The lowest BCUT2D eigenvalue weighted by molar-refractivity contribution is -0.123. The molecule has 0 bridgehead atoms. The molecule has 2 atom stereocenters. The van der Waals surface area contributed by atoms with Crippen molar-refractivity contribution in [3.63, 3.8) is 0 Å². The quantitative estimate of drug-likeness (QED) is 0.823. The molecule has 2 heterocycles. The normalized spacial score (nSPS) is 18.1. The summed E-state index contributed by atoms with van der Waals surface area (Å²) in [4.78, 5) is 30.6. The van der Waals surface area contributed by atoms with Crippen molar-refractivity contribution in [1.82, 2.24) is 10.3 Å². The zero-order valence-electron chi connectivity index (χ0n) is 15.2. The number of hydrogen-bond donors (Lipinski definition) is 2. The van der Waals surface area contributed by atoms with Crippen molar-refractivity contribution in [2.24, 2.45) is 0 Å². The molecule has 2 aromatic rings. The van der Waals surface area contributed by atoms with Crippen LogP contribution in [0.3, 0.4) is 0 Å². The van der Waals surface area contributed by atoms with Crippen LogP contribution in [0.15, 0.2) is 18.2 Å². The summed E-state index contributed by atoms with van der Waals surface area (Å²) in [5.74, 6) is 0.714. The van der Waals surface area contributed by atoms with Crippen LogP contribution in [0.5, 0.6) is 11.5 Å². The first-order chi connectivity index (χ1) is 13.0. The van der Waals surface area contributed by atoms with Crippen LogP contribution < -0.4 is 20.1 Å². The number of aromatic nitrogens is 1. The van der Waals surface area contributed by atoms with Crippen LogP contribution in [0.2, 0.25) is 0 Å². The third-order valence-electron chi connectivity index (χ3n) is 4.89. The largest absolute Gasteiger partial charge is 0.454 e. The molecule has 4 rings (SSSR count). The number of carbonyl (C=O) groups is 2. The van der Waals surface area contributed by atoms with E-state index in [0.717, 1.165) is 29.8 Å². The molecule has 0 saturated heterocycles. The van der Waals surface area contributed by atoms with Gasteiger partial charge < -0.3 is 14.8 Å². The third-order valence-corrected chi connectivity index (χ3v) is 5.94. The van der Waals surface area contributed by atoms with Gasteiger partial charge in [-0.1, -0.05) is 6.92 Å². The van der Waals surface area contributed by atoms with E-state index in [9.17, 15) is 9.59 Å². The van der Waals surface area contributed by atoms with E-state index in [4.69, 9.17) is 9.47 Å². The number of thiazole rings is 1. The van der Waals surface area contributed by atoms with Crippen molar-refractivity contribution in [3.8, 4) is 11.5 Å². The highest BCUT2D eigenvalue weighted by Crippen LogP contribution is 2.39. The highest BCUT2D eigenvalue weighted by molar-refractivity contribution is 7.16. The summed E-state index contributed by atoms with van der Waals surface area (Å²) in [6.45, 7) is 4.20. The van der Waals surface area contributed by atoms with Crippen molar-refractivity contribution in [2.45, 2.75) is 45.1 Å². The van der Waals surface area contributed by atoms with Crippen LogP contribution in [-0.4, -0.2) is 29.6 Å². The molecule has 2 N–H and O–H groups in total. The summed E-state index contributed by atoms with van der Waals surface area (Å²) in [6.07, 6.45) is 2.47. The number of hydrogen-bond acceptors (Lipinski definition) is 6. The monoisotopic (exact) mass is 387 g/mol. The highest BCUT2D eigenvalue weighted by Gasteiger charge is 2.33. The molecule has 2 amide bonds. The summed E-state index contributed by atoms with van der Waals surface area (Å²) in [5, 5.41) is 6.37. The van der Waals surface area contributed by atoms with Gasteiger partial charge in [0.2, 0.25) is 12.7 Å². The molecule has 1 aromatic heterocycles. The molecule has 2 aliphatic rings. The van der Waals surface area contributed by atoms with E-state index in [-0.39, 0.29) is 30.6 Å². The van der Waals surface area contributed by atoms with Gasteiger partial charge in [-0.15, -0.1) is 11.3 Å². The molecule has 7 nitrogen and oxygen atoms in total. The van der Waals surface area contributed by atoms with Crippen molar-refractivity contribution in [1.29, 1.82) is 0 Å². The maximum atomic E-state index is 12.5. The molecule has 1 aromatic carbocycles. The Bertz CT molecular complexity index is 895. The Morgan fingerprint density at radius 1 is 1.33 bits per heavy atom. The highest BCUT2D eigenvalue weighted by atomic mass is 32.1. The minimum atomic E-state index is -0.263.